The molecule has 0 fully saturated rings. The van der Waals surface area contributed by atoms with E-state index in [0.29, 0.717) is 22.5 Å². The van der Waals surface area contributed by atoms with E-state index in [4.69, 9.17) is 11.6 Å². The molecule has 0 aliphatic rings. The fraction of sp³-hybridized carbons (Fsp3) is 0.0278. The fourth-order valence-electron chi connectivity index (χ4n) is 4.30. The first-order valence-corrected chi connectivity index (χ1v) is 15.2. The van der Waals surface area contributed by atoms with Gasteiger partial charge in [0.1, 0.15) is 22.6 Å². The van der Waals surface area contributed by atoms with E-state index in [-0.39, 0.29) is 16.6 Å². The maximum absolute atomic E-state index is 13.6. The average molecular weight is 654 g/mol. The summed E-state index contributed by atoms with van der Waals surface area (Å²) in [5, 5.41) is 7.46. The summed E-state index contributed by atoms with van der Waals surface area (Å²) in [7, 11) is 0. The van der Waals surface area contributed by atoms with Gasteiger partial charge in [0.15, 0.2) is 0 Å². The van der Waals surface area contributed by atoms with Crippen LogP contribution in [0.4, 0.5) is 20.2 Å². The van der Waals surface area contributed by atoms with Crippen molar-refractivity contribution >= 4 is 58.5 Å². The molecule has 0 radical (unpaired) electrons. The first-order valence-electron chi connectivity index (χ1n) is 14.0. The minimum atomic E-state index is -0.663. The van der Waals surface area contributed by atoms with Gasteiger partial charge in [-0.2, -0.15) is 0 Å². The van der Waals surface area contributed by atoms with Crippen LogP contribution in [0.1, 0.15) is 26.7 Å². The third kappa shape index (κ3) is 8.68. The Kier molecular flexibility index (Phi) is 10.6. The third-order valence-electron chi connectivity index (χ3n) is 6.60. The second-order valence-corrected chi connectivity index (χ2v) is 11.5. The van der Waals surface area contributed by atoms with Crippen LogP contribution in [0.2, 0.25) is 5.02 Å². The molecule has 1 unspecified atom stereocenters. The number of carbonyl (C=O) groups is 3. The smallest absolute Gasteiger partial charge is 0.272 e. The molecule has 0 heterocycles. The number of thioether (sulfide) groups is 1. The fourth-order valence-corrected chi connectivity index (χ4v) is 5.51. The highest BCUT2D eigenvalue weighted by molar-refractivity contribution is 8.00. The van der Waals surface area contributed by atoms with Crippen molar-refractivity contribution in [3.05, 3.63) is 166 Å². The van der Waals surface area contributed by atoms with Gasteiger partial charge in [0.25, 0.3) is 11.8 Å². The van der Waals surface area contributed by atoms with Crippen LogP contribution in [-0.4, -0.2) is 17.7 Å². The van der Waals surface area contributed by atoms with Crippen molar-refractivity contribution in [1.29, 1.82) is 0 Å². The molecular weight excluding hydrogens is 628 g/mol. The highest BCUT2D eigenvalue weighted by Crippen LogP contribution is 2.37. The van der Waals surface area contributed by atoms with Crippen molar-refractivity contribution < 1.29 is 23.2 Å². The van der Waals surface area contributed by atoms with E-state index in [9.17, 15) is 23.2 Å². The van der Waals surface area contributed by atoms with E-state index < -0.39 is 28.7 Å². The Morgan fingerprint density at radius 3 is 2.00 bits per heavy atom. The Bertz CT molecular complexity index is 1870. The van der Waals surface area contributed by atoms with Gasteiger partial charge in [0, 0.05) is 21.8 Å². The van der Waals surface area contributed by atoms with Crippen LogP contribution in [0.5, 0.6) is 0 Å². The quantitative estimate of drug-likeness (QED) is 0.104. The van der Waals surface area contributed by atoms with Crippen molar-refractivity contribution in [1.82, 2.24) is 5.32 Å². The molecule has 0 spiro atoms. The van der Waals surface area contributed by atoms with Gasteiger partial charge >= 0.3 is 0 Å². The molecule has 3 amide bonds. The first-order chi connectivity index (χ1) is 22.2. The summed E-state index contributed by atoms with van der Waals surface area (Å²) >= 11 is 7.18. The van der Waals surface area contributed by atoms with Crippen LogP contribution in [-0.2, 0) is 9.59 Å². The van der Waals surface area contributed by atoms with Crippen LogP contribution in [0.3, 0.4) is 0 Å². The summed E-state index contributed by atoms with van der Waals surface area (Å²) in [6.07, 6.45) is 1.46. The Balaban J connectivity index is 1.32. The molecule has 0 saturated heterocycles. The van der Waals surface area contributed by atoms with Crippen molar-refractivity contribution in [2.24, 2.45) is 0 Å². The lowest BCUT2D eigenvalue weighted by Gasteiger charge is -2.18. The van der Waals surface area contributed by atoms with Gasteiger partial charge in [0.05, 0.1) is 5.02 Å². The Morgan fingerprint density at radius 2 is 1.35 bits per heavy atom. The maximum atomic E-state index is 13.6. The van der Waals surface area contributed by atoms with Crippen LogP contribution in [0.25, 0.3) is 6.08 Å². The number of nitrogens with one attached hydrogen (secondary N) is 3. The first kappa shape index (κ1) is 32.2. The monoisotopic (exact) mass is 653 g/mol. The largest absolute Gasteiger partial charge is 0.325 e. The molecule has 46 heavy (non-hydrogen) atoms. The van der Waals surface area contributed by atoms with E-state index in [1.54, 1.807) is 54.6 Å². The van der Waals surface area contributed by atoms with Gasteiger partial charge in [-0.25, -0.2) is 8.78 Å². The molecule has 0 saturated carbocycles. The average Bonchev–Trinajstić information content (AvgIpc) is 3.07. The molecule has 5 aromatic carbocycles. The number of hydrogen-bond donors (Lipinski definition) is 3. The molecule has 1 atom stereocenters. The van der Waals surface area contributed by atoms with E-state index in [0.717, 1.165) is 10.5 Å². The standard InChI is InChI=1S/C36H26ClF2N3O3S/c37-30-22-28(17-20-31(30)39)41-36(45)33(24-7-3-1-4-8-24)46-29-18-15-27(16-19-29)40-35(44)32(21-23-11-13-26(38)14-12-23)42-34(43)25-9-5-2-6-10-25/h1-22,33H,(H,40,44)(H,41,45)(H,42,43)/b32-21-. The SMILES string of the molecule is O=C(Nc1ccc(SC(C(=O)Nc2ccc(F)c(Cl)c2)c2ccccc2)cc1)/C(=C/c1ccc(F)cc1)NC(=O)c1ccccc1. The van der Waals surface area contributed by atoms with Crippen LogP contribution in [0, 0.1) is 11.6 Å². The number of amides is 3. The van der Waals surface area contributed by atoms with Gasteiger partial charge in [-0.05, 0) is 83.9 Å². The lowest BCUT2D eigenvalue weighted by Crippen LogP contribution is -2.30. The number of benzene rings is 5. The van der Waals surface area contributed by atoms with Gasteiger partial charge < -0.3 is 16.0 Å². The predicted molar refractivity (Wildman–Crippen MR) is 178 cm³/mol. The molecule has 0 aliphatic heterocycles. The second-order valence-electron chi connectivity index (χ2n) is 9.93. The summed E-state index contributed by atoms with van der Waals surface area (Å²) < 4.78 is 27.1. The molecule has 3 N–H and O–H groups in total. The molecule has 0 aliphatic carbocycles. The minimum absolute atomic E-state index is 0.0411. The van der Waals surface area contributed by atoms with Crippen LogP contribution >= 0.6 is 23.4 Å². The predicted octanol–water partition coefficient (Wildman–Crippen LogP) is 8.50. The Morgan fingerprint density at radius 1 is 0.717 bits per heavy atom. The van der Waals surface area contributed by atoms with Gasteiger partial charge in [-0.15, -0.1) is 11.8 Å². The number of halogens is 3. The minimum Gasteiger partial charge on any atom is -0.325 e. The molecule has 10 heteroatoms. The van der Waals surface area contributed by atoms with Crippen molar-refractivity contribution in [3.8, 4) is 0 Å². The summed E-state index contributed by atoms with van der Waals surface area (Å²) in [5.41, 5.74) is 2.39. The van der Waals surface area contributed by atoms with Gasteiger partial charge in [-0.3, -0.25) is 14.4 Å². The lowest BCUT2D eigenvalue weighted by molar-refractivity contribution is -0.116. The maximum Gasteiger partial charge on any atom is 0.272 e. The van der Waals surface area contributed by atoms with Crippen molar-refractivity contribution in [2.45, 2.75) is 10.1 Å². The Labute approximate surface area is 273 Å². The zero-order chi connectivity index (χ0) is 32.5. The normalized spacial score (nSPS) is 11.8. The topological polar surface area (TPSA) is 87.3 Å². The van der Waals surface area contributed by atoms with Gasteiger partial charge in [0.2, 0.25) is 5.91 Å². The number of rotatable bonds is 10. The molecule has 5 aromatic rings. The lowest BCUT2D eigenvalue weighted by atomic mass is 10.1. The van der Waals surface area contributed by atoms with Crippen molar-refractivity contribution in [2.75, 3.05) is 10.6 Å². The van der Waals surface area contributed by atoms with E-state index in [1.165, 1.54) is 60.3 Å². The van der Waals surface area contributed by atoms with E-state index in [2.05, 4.69) is 16.0 Å². The van der Waals surface area contributed by atoms with Crippen LogP contribution < -0.4 is 16.0 Å². The Hall–Kier alpha value is -5.25. The number of carbonyl (C=O) groups excluding carboxylic acids is 3. The zero-order valence-corrected chi connectivity index (χ0v) is 25.6. The number of hydrogen-bond acceptors (Lipinski definition) is 4. The van der Waals surface area contributed by atoms with Crippen LogP contribution in [0.15, 0.2) is 138 Å². The second kappa shape index (κ2) is 15.2. The highest BCUT2D eigenvalue weighted by Gasteiger charge is 2.23. The summed E-state index contributed by atoms with van der Waals surface area (Å²) in [5.74, 6) is -2.42. The molecule has 230 valence electrons. The van der Waals surface area contributed by atoms with E-state index in [1.807, 2.05) is 30.3 Å². The van der Waals surface area contributed by atoms with E-state index >= 15 is 0 Å². The summed E-state index contributed by atoms with van der Waals surface area (Å²) in [6.45, 7) is 0. The zero-order valence-electron chi connectivity index (χ0n) is 24.0. The molecule has 6 nitrogen and oxygen atoms in total. The van der Waals surface area contributed by atoms with Crippen molar-refractivity contribution in [3.63, 3.8) is 0 Å². The molecule has 0 bridgehead atoms. The number of anilines is 2. The summed E-state index contributed by atoms with van der Waals surface area (Å²) in [6, 6.07) is 33.9. The van der Waals surface area contributed by atoms with Gasteiger partial charge in [-0.1, -0.05) is 72.3 Å². The third-order valence-corrected chi connectivity index (χ3v) is 8.16. The highest BCUT2D eigenvalue weighted by atomic mass is 35.5. The molecule has 5 rings (SSSR count). The summed E-state index contributed by atoms with van der Waals surface area (Å²) in [4.78, 5) is 40.3. The molecule has 0 aromatic heterocycles. The molecular formula is C36H26ClF2N3O3S.